The molecule has 0 N–H and O–H groups in total. The van der Waals surface area contributed by atoms with Crippen molar-refractivity contribution in [2.24, 2.45) is 0 Å². The Kier molecular flexibility index (Phi) is 9.87. The van der Waals surface area contributed by atoms with Crippen LogP contribution >= 0.6 is 0 Å². The second-order valence-corrected chi connectivity index (χ2v) is 21.8. The molecule has 0 aliphatic heterocycles. The molecule has 340 valence electrons. The Bertz CT molecular complexity index is 3810. The van der Waals surface area contributed by atoms with E-state index in [1.165, 1.54) is 107 Å². The molecule has 1 saturated carbocycles. The molecule has 1 fully saturated rings. The van der Waals surface area contributed by atoms with Crippen LogP contribution in [0.25, 0.3) is 65.4 Å². The van der Waals surface area contributed by atoms with Gasteiger partial charge in [0.2, 0.25) is 0 Å². The molecular weight excluding hydrogens is 837 g/mol. The van der Waals surface area contributed by atoms with E-state index >= 15 is 0 Å². The predicted octanol–water partition coefficient (Wildman–Crippen LogP) is 19.5. The molecule has 1 aromatic heterocycles. The average Bonchev–Trinajstić information content (AvgIpc) is 4.11. The molecule has 0 bridgehead atoms. The van der Waals surface area contributed by atoms with Crippen LogP contribution in [0.1, 0.15) is 93.7 Å². The minimum absolute atomic E-state index is 0.0418. The summed E-state index contributed by atoms with van der Waals surface area (Å²) < 4.78 is 7.11. The van der Waals surface area contributed by atoms with Crippen molar-refractivity contribution >= 4 is 88.4 Å². The first-order chi connectivity index (χ1) is 33.3. The normalized spacial score (nSPS) is 13.4. The van der Waals surface area contributed by atoms with Crippen molar-refractivity contribution in [1.29, 1.82) is 0 Å². The lowest BCUT2D eigenvalue weighted by atomic mass is 9.80. The molecule has 1 aliphatic rings. The Morgan fingerprint density at radius 1 is 0.391 bits per heavy atom. The first kappa shape index (κ1) is 43.0. The minimum atomic E-state index is -0.0810. The van der Waals surface area contributed by atoms with Crippen LogP contribution in [0.5, 0.6) is 0 Å². The molecule has 0 spiro atoms. The lowest BCUT2D eigenvalue weighted by Gasteiger charge is -2.32. The van der Waals surface area contributed by atoms with Crippen molar-refractivity contribution in [3.8, 4) is 11.1 Å². The van der Waals surface area contributed by atoms with Crippen molar-refractivity contribution < 1.29 is 4.42 Å². The van der Waals surface area contributed by atoms with E-state index in [4.69, 9.17) is 4.42 Å². The maximum Gasteiger partial charge on any atom is 0.159 e. The maximum atomic E-state index is 7.11. The zero-order valence-corrected chi connectivity index (χ0v) is 41.5. The fraction of sp³-hybridized carbons (Fsp3) is 0.212. The molecular formula is C66H60N2O. The van der Waals surface area contributed by atoms with Crippen molar-refractivity contribution in [2.75, 3.05) is 9.80 Å². The number of benzene rings is 10. The first-order valence-electron chi connectivity index (χ1n) is 24.9. The highest BCUT2D eigenvalue weighted by Gasteiger charge is 2.34. The standard InChI is InChI=1S/C66H60N2O/c1-40-18-10-12-26-54(40)67(58-28-16-21-47(60(58)43-30-31-43)46-20-14-24-52(42(46)3)65(4,5)6)56-38-34-44-33-37-51-57(39-35-45-32-36-50(56)61(44)62(45)51)68(55-27-13-11-19-41(55)2)59-29-17-23-49-48-22-15-25-53(66(7,8)9)63(48)69-64(49)59/h10-29,32-39,43H,30-31H2,1-9H3. The van der Waals surface area contributed by atoms with E-state index in [1.54, 1.807) is 0 Å². The molecule has 10 aromatic carbocycles. The quantitative estimate of drug-likeness (QED) is 0.142. The monoisotopic (exact) mass is 896 g/mol. The van der Waals surface area contributed by atoms with Crippen LogP contribution < -0.4 is 9.80 Å². The van der Waals surface area contributed by atoms with Crippen LogP contribution in [-0.2, 0) is 10.8 Å². The number of rotatable bonds is 8. The SMILES string of the molecule is Cc1ccccc1N(c1cccc(-c2cccc(C(C)(C)C)c2C)c1C1CC1)c1ccc2ccc3c(N(c4ccccc4C)c4cccc5c4oc4c(C(C)(C)C)cccc45)ccc4ccc1c2c43. The van der Waals surface area contributed by atoms with Gasteiger partial charge in [-0.3, -0.25) is 0 Å². The topological polar surface area (TPSA) is 19.6 Å². The molecule has 0 unspecified atom stereocenters. The van der Waals surface area contributed by atoms with Crippen LogP contribution in [0, 0.1) is 20.8 Å². The number of hydrogen-bond acceptors (Lipinski definition) is 3. The van der Waals surface area contributed by atoms with Gasteiger partial charge in [0.1, 0.15) is 5.58 Å². The molecule has 0 atom stereocenters. The van der Waals surface area contributed by atoms with Crippen LogP contribution in [0.4, 0.5) is 34.1 Å². The number of aryl methyl sites for hydroxylation is 2. The van der Waals surface area contributed by atoms with Crippen molar-refractivity contribution in [1.82, 2.24) is 0 Å². The van der Waals surface area contributed by atoms with E-state index in [1.807, 2.05) is 0 Å². The summed E-state index contributed by atoms with van der Waals surface area (Å²) in [5.41, 5.74) is 19.3. The van der Waals surface area contributed by atoms with E-state index in [0.29, 0.717) is 5.92 Å². The first-order valence-corrected chi connectivity index (χ1v) is 24.9. The number of furan rings is 1. The number of para-hydroxylation sites is 4. The van der Waals surface area contributed by atoms with E-state index in [-0.39, 0.29) is 10.8 Å². The van der Waals surface area contributed by atoms with Gasteiger partial charge in [-0.05, 0) is 147 Å². The fourth-order valence-electron chi connectivity index (χ4n) is 11.7. The summed E-state index contributed by atoms with van der Waals surface area (Å²) in [7, 11) is 0. The maximum absolute atomic E-state index is 7.11. The Hall–Kier alpha value is -7.36. The summed E-state index contributed by atoms with van der Waals surface area (Å²) in [5.74, 6) is 0.492. The molecule has 69 heavy (non-hydrogen) atoms. The fourth-order valence-corrected chi connectivity index (χ4v) is 11.7. The molecule has 12 rings (SSSR count). The molecule has 0 radical (unpaired) electrons. The third-order valence-electron chi connectivity index (χ3n) is 15.1. The molecule has 3 nitrogen and oxygen atoms in total. The molecule has 1 aliphatic carbocycles. The lowest BCUT2D eigenvalue weighted by Crippen LogP contribution is -2.15. The third-order valence-corrected chi connectivity index (χ3v) is 15.1. The molecule has 1 heterocycles. The van der Waals surface area contributed by atoms with E-state index in [0.717, 1.165) is 39.0 Å². The van der Waals surface area contributed by atoms with E-state index < -0.39 is 0 Å². The largest absolute Gasteiger partial charge is 0.454 e. The van der Waals surface area contributed by atoms with E-state index in [2.05, 4.69) is 242 Å². The van der Waals surface area contributed by atoms with Crippen LogP contribution in [0.2, 0.25) is 0 Å². The second-order valence-electron chi connectivity index (χ2n) is 21.8. The Labute approximate surface area is 407 Å². The summed E-state index contributed by atoms with van der Waals surface area (Å²) in [6.45, 7) is 20.6. The zero-order chi connectivity index (χ0) is 47.5. The molecule has 0 saturated heterocycles. The van der Waals surface area contributed by atoms with Crippen molar-refractivity contribution in [2.45, 2.75) is 91.9 Å². The van der Waals surface area contributed by atoms with Gasteiger partial charge in [-0.2, -0.15) is 0 Å². The zero-order valence-electron chi connectivity index (χ0n) is 41.5. The van der Waals surface area contributed by atoms with Gasteiger partial charge >= 0.3 is 0 Å². The van der Waals surface area contributed by atoms with Crippen molar-refractivity contribution in [3.63, 3.8) is 0 Å². The summed E-state index contributed by atoms with van der Waals surface area (Å²) in [6, 6.07) is 63.7. The third kappa shape index (κ3) is 6.92. The molecule has 0 amide bonds. The highest BCUT2D eigenvalue weighted by molar-refractivity contribution is 6.28. The van der Waals surface area contributed by atoms with Gasteiger partial charge in [-0.1, -0.05) is 175 Å². The lowest BCUT2D eigenvalue weighted by molar-refractivity contribution is 0.573. The summed E-state index contributed by atoms with van der Waals surface area (Å²) in [4.78, 5) is 5.04. The van der Waals surface area contributed by atoms with Gasteiger partial charge in [0.15, 0.2) is 5.58 Å². The number of hydrogen-bond donors (Lipinski definition) is 0. The van der Waals surface area contributed by atoms with Crippen molar-refractivity contribution in [3.05, 3.63) is 203 Å². The smallest absolute Gasteiger partial charge is 0.159 e. The van der Waals surface area contributed by atoms with Gasteiger partial charge in [0.05, 0.1) is 22.7 Å². The van der Waals surface area contributed by atoms with Gasteiger partial charge in [0.25, 0.3) is 0 Å². The number of fused-ring (bicyclic) bond motifs is 3. The Morgan fingerprint density at radius 3 is 1.43 bits per heavy atom. The van der Waals surface area contributed by atoms with Crippen LogP contribution in [0.15, 0.2) is 174 Å². The summed E-state index contributed by atoms with van der Waals surface area (Å²) >= 11 is 0. The van der Waals surface area contributed by atoms with Gasteiger partial charge in [-0.25, -0.2) is 0 Å². The summed E-state index contributed by atoms with van der Waals surface area (Å²) in [6.07, 6.45) is 2.39. The molecule has 11 aromatic rings. The van der Waals surface area contributed by atoms with Gasteiger partial charge < -0.3 is 14.2 Å². The Morgan fingerprint density at radius 2 is 0.855 bits per heavy atom. The summed E-state index contributed by atoms with van der Waals surface area (Å²) in [5, 5.41) is 9.71. The predicted molar refractivity (Wildman–Crippen MR) is 296 cm³/mol. The van der Waals surface area contributed by atoms with Crippen LogP contribution in [0.3, 0.4) is 0 Å². The van der Waals surface area contributed by atoms with Crippen LogP contribution in [-0.4, -0.2) is 0 Å². The number of anilines is 6. The average molecular weight is 897 g/mol. The second kappa shape index (κ2) is 15.9. The Balaban J connectivity index is 1.12. The van der Waals surface area contributed by atoms with Gasteiger partial charge in [0, 0.05) is 38.5 Å². The highest BCUT2D eigenvalue weighted by Crippen LogP contribution is 2.55. The number of nitrogens with zero attached hydrogens (tertiary/aromatic N) is 2. The van der Waals surface area contributed by atoms with Gasteiger partial charge in [-0.15, -0.1) is 0 Å². The van der Waals surface area contributed by atoms with E-state index in [9.17, 15) is 0 Å². The molecule has 3 heteroatoms. The minimum Gasteiger partial charge on any atom is -0.454 e. The highest BCUT2D eigenvalue weighted by atomic mass is 16.3.